The van der Waals surface area contributed by atoms with Crippen LogP contribution in [0.4, 0.5) is 0 Å². The molecule has 0 amide bonds. The first-order chi connectivity index (χ1) is 8.98. The first-order valence-corrected chi connectivity index (χ1v) is 6.90. The van der Waals surface area contributed by atoms with E-state index in [0.29, 0.717) is 12.5 Å². The Balaban J connectivity index is 2.06. The summed E-state index contributed by atoms with van der Waals surface area (Å²) < 4.78 is 7.29. The Morgan fingerprint density at radius 2 is 2.32 bits per heavy atom. The highest BCUT2D eigenvalue weighted by atomic mass is 16.5. The predicted octanol–water partition coefficient (Wildman–Crippen LogP) is 1.38. The van der Waals surface area contributed by atoms with Gasteiger partial charge in [0.15, 0.2) is 0 Å². The third kappa shape index (κ3) is 3.56. The van der Waals surface area contributed by atoms with Crippen molar-refractivity contribution >= 4 is 0 Å². The molecule has 106 valence electrons. The molecule has 1 N–H and O–H groups in total. The van der Waals surface area contributed by atoms with Gasteiger partial charge in [0.2, 0.25) is 0 Å². The van der Waals surface area contributed by atoms with Crippen LogP contribution >= 0.6 is 0 Å². The van der Waals surface area contributed by atoms with Crippen LogP contribution in [0.3, 0.4) is 0 Å². The van der Waals surface area contributed by atoms with E-state index < -0.39 is 0 Å². The Kier molecular flexibility index (Phi) is 4.24. The third-order valence-corrected chi connectivity index (χ3v) is 3.39. The summed E-state index contributed by atoms with van der Waals surface area (Å²) in [4.78, 5) is 16.3. The van der Waals surface area contributed by atoms with Crippen molar-refractivity contribution in [3.8, 4) is 5.88 Å². The SMILES string of the molecule is CC(C)(C)n1ccnc(OCC2CCCNC2)c1=O. The zero-order valence-electron chi connectivity index (χ0n) is 12.0. The molecule has 1 aliphatic rings. The standard InChI is InChI=1S/C14H23N3O2/c1-14(2,3)17-8-7-16-12(13(17)18)19-10-11-5-4-6-15-9-11/h7-8,11,15H,4-6,9-10H2,1-3H3. The number of hydrogen-bond donors (Lipinski definition) is 1. The fraction of sp³-hybridized carbons (Fsp3) is 0.714. The molecule has 2 rings (SSSR count). The fourth-order valence-electron chi connectivity index (χ4n) is 2.28. The minimum absolute atomic E-state index is 0.154. The quantitative estimate of drug-likeness (QED) is 0.897. The Labute approximate surface area is 114 Å². The fourth-order valence-corrected chi connectivity index (χ4v) is 2.28. The monoisotopic (exact) mass is 265 g/mol. The van der Waals surface area contributed by atoms with Gasteiger partial charge in [-0.25, -0.2) is 4.98 Å². The zero-order valence-corrected chi connectivity index (χ0v) is 12.0. The lowest BCUT2D eigenvalue weighted by molar-refractivity contribution is 0.206. The van der Waals surface area contributed by atoms with Gasteiger partial charge in [0.25, 0.3) is 5.88 Å². The molecule has 1 saturated heterocycles. The maximum Gasteiger partial charge on any atom is 0.313 e. The average molecular weight is 265 g/mol. The van der Waals surface area contributed by atoms with Crippen LogP contribution in [-0.2, 0) is 5.54 Å². The number of nitrogens with zero attached hydrogens (tertiary/aromatic N) is 2. The molecule has 1 atom stereocenters. The highest BCUT2D eigenvalue weighted by Crippen LogP contribution is 2.13. The van der Waals surface area contributed by atoms with Crippen molar-refractivity contribution in [2.24, 2.45) is 5.92 Å². The summed E-state index contributed by atoms with van der Waals surface area (Å²) in [6.07, 6.45) is 5.65. The Morgan fingerprint density at radius 1 is 1.53 bits per heavy atom. The van der Waals surface area contributed by atoms with Crippen LogP contribution in [0, 0.1) is 5.92 Å². The molecular formula is C14H23N3O2. The molecule has 5 heteroatoms. The van der Waals surface area contributed by atoms with Crippen LogP contribution in [-0.4, -0.2) is 29.2 Å². The van der Waals surface area contributed by atoms with Gasteiger partial charge in [0.05, 0.1) is 6.61 Å². The maximum absolute atomic E-state index is 12.2. The highest BCUT2D eigenvalue weighted by Gasteiger charge is 2.19. The van der Waals surface area contributed by atoms with E-state index in [-0.39, 0.29) is 17.0 Å². The molecule has 19 heavy (non-hydrogen) atoms. The van der Waals surface area contributed by atoms with Crippen LogP contribution in [0.15, 0.2) is 17.2 Å². The van der Waals surface area contributed by atoms with E-state index >= 15 is 0 Å². The maximum atomic E-state index is 12.2. The topological polar surface area (TPSA) is 56.1 Å². The smallest absolute Gasteiger partial charge is 0.313 e. The lowest BCUT2D eigenvalue weighted by Gasteiger charge is -2.24. The van der Waals surface area contributed by atoms with Gasteiger partial charge in [-0.1, -0.05) is 0 Å². The molecule has 1 aromatic rings. The van der Waals surface area contributed by atoms with E-state index in [9.17, 15) is 4.79 Å². The van der Waals surface area contributed by atoms with Crippen molar-refractivity contribution in [2.75, 3.05) is 19.7 Å². The zero-order chi connectivity index (χ0) is 13.9. The second kappa shape index (κ2) is 5.74. The van der Waals surface area contributed by atoms with Crippen LogP contribution in [0.2, 0.25) is 0 Å². The summed E-state index contributed by atoms with van der Waals surface area (Å²) in [5.74, 6) is 0.682. The Hall–Kier alpha value is -1.36. The minimum atomic E-state index is -0.259. The van der Waals surface area contributed by atoms with Gasteiger partial charge in [-0.15, -0.1) is 0 Å². The number of aromatic nitrogens is 2. The van der Waals surface area contributed by atoms with Crippen LogP contribution in [0.1, 0.15) is 33.6 Å². The van der Waals surface area contributed by atoms with Gasteiger partial charge in [-0.05, 0) is 40.2 Å². The number of rotatable bonds is 3. The highest BCUT2D eigenvalue weighted by molar-refractivity contribution is 5.06. The molecule has 0 spiro atoms. The molecule has 1 aliphatic heterocycles. The van der Waals surface area contributed by atoms with Crippen LogP contribution in [0.25, 0.3) is 0 Å². The van der Waals surface area contributed by atoms with Gasteiger partial charge in [0, 0.05) is 30.4 Å². The van der Waals surface area contributed by atoms with Crippen molar-refractivity contribution in [3.05, 3.63) is 22.7 Å². The molecule has 2 heterocycles. The lowest BCUT2D eigenvalue weighted by Crippen LogP contribution is -2.36. The summed E-state index contributed by atoms with van der Waals surface area (Å²) in [6.45, 7) is 8.57. The van der Waals surface area contributed by atoms with Crippen molar-refractivity contribution < 1.29 is 4.74 Å². The molecule has 1 unspecified atom stereocenters. The van der Waals surface area contributed by atoms with Crippen molar-refractivity contribution in [1.29, 1.82) is 0 Å². The number of hydrogen-bond acceptors (Lipinski definition) is 4. The molecule has 0 bridgehead atoms. The predicted molar refractivity (Wildman–Crippen MR) is 74.6 cm³/mol. The van der Waals surface area contributed by atoms with E-state index in [1.54, 1.807) is 17.0 Å². The number of nitrogens with one attached hydrogen (secondary N) is 1. The molecule has 0 aromatic carbocycles. The largest absolute Gasteiger partial charge is 0.473 e. The number of piperidine rings is 1. The van der Waals surface area contributed by atoms with E-state index in [4.69, 9.17) is 4.74 Å². The second-order valence-corrected chi connectivity index (χ2v) is 6.10. The van der Waals surface area contributed by atoms with Gasteiger partial charge >= 0.3 is 5.56 Å². The summed E-state index contributed by atoms with van der Waals surface area (Å²) in [7, 11) is 0. The normalized spacial score (nSPS) is 20.3. The van der Waals surface area contributed by atoms with E-state index in [2.05, 4.69) is 10.3 Å². The van der Waals surface area contributed by atoms with Gasteiger partial charge in [-0.2, -0.15) is 0 Å². The molecule has 0 aliphatic carbocycles. The average Bonchev–Trinajstić information content (AvgIpc) is 2.37. The van der Waals surface area contributed by atoms with E-state index in [1.807, 2.05) is 20.8 Å². The van der Waals surface area contributed by atoms with Crippen molar-refractivity contribution in [3.63, 3.8) is 0 Å². The first kappa shape index (κ1) is 14.1. The second-order valence-electron chi connectivity index (χ2n) is 6.10. The van der Waals surface area contributed by atoms with E-state index in [1.165, 1.54) is 6.42 Å². The molecule has 5 nitrogen and oxygen atoms in total. The van der Waals surface area contributed by atoms with Gasteiger partial charge in [0.1, 0.15) is 0 Å². The summed E-state index contributed by atoms with van der Waals surface area (Å²) in [6, 6.07) is 0. The summed E-state index contributed by atoms with van der Waals surface area (Å²) in [5.41, 5.74) is -0.413. The van der Waals surface area contributed by atoms with E-state index in [0.717, 1.165) is 19.5 Å². The molecular weight excluding hydrogens is 242 g/mol. The molecule has 1 fully saturated rings. The molecule has 0 radical (unpaired) electrons. The van der Waals surface area contributed by atoms with Crippen molar-refractivity contribution in [1.82, 2.24) is 14.9 Å². The van der Waals surface area contributed by atoms with Crippen molar-refractivity contribution in [2.45, 2.75) is 39.2 Å². The number of ether oxygens (including phenoxy) is 1. The molecule has 0 saturated carbocycles. The third-order valence-electron chi connectivity index (χ3n) is 3.39. The van der Waals surface area contributed by atoms with Crippen LogP contribution < -0.4 is 15.6 Å². The van der Waals surface area contributed by atoms with Gasteiger partial charge < -0.3 is 14.6 Å². The van der Waals surface area contributed by atoms with Crippen LogP contribution in [0.5, 0.6) is 5.88 Å². The summed E-state index contributed by atoms with van der Waals surface area (Å²) >= 11 is 0. The first-order valence-electron chi connectivity index (χ1n) is 6.90. The minimum Gasteiger partial charge on any atom is -0.473 e. The Bertz CT molecular complexity index is 470. The van der Waals surface area contributed by atoms with Gasteiger partial charge in [-0.3, -0.25) is 4.79 Å². The summed E-state index contributed by atoms with van der Waals surface area (Å²) in [5, 5.41) is 3.34. The Morgan fingerprint density at radius 3 is 2.95 bits per heavy atom. The lowest BCUT2D eigenvalue weighted by atomic mass is 10.0. The molecule has 1 aromatic heterocycles.